The first-order chi connectivity index (χ1) is 27.8. The first-order valence-electron chi connectivity index (χ1n) is 22.6. The molecule has 4 aliphatic carbocycles. The lowest BCUT2D eigenvalue weighted by Crippen LogP contribution is -2.51. The number of unbranched alkanes of at least 4 members (excludes halogenated alkanes) is 2. The van der Waals surface area contributed by atoms with Crippen LogP contribution in [0.4, 0.5) is 4.79 Å². The molecular weight excluding hydrogens is 783 g/mol. The number of esters is 1. The second-order valence-corrected chi connectivity index (χ2v) is 22.4. The predicted octanol–water partition coefficient (Wildman–Crippen LogP) is 8.27. The molecule has 0 aromatic rings. The van der Waals surface area contributed by atoms with Crippen molar-refractivity contribution in [3.8, 4) is 0 Å². The van der Waals surface area contributed by atoms with Gasteiger partial charge in [-0.3, -0.25) is 9.79 Å². The van der Waals surface area contributed by atoms with Gasteiger partial charge in [0, 0.05) is 31.0 Å². The van der Waals surface area contributed by atoms with Crippen LogP contribution in [0.1, 0.15) is 152 Å². The van der Waals surface area contributed by atoms with Gasteiger partial charge in [0.05, 0.1) is 5.84 Å². The normalized spacial score (nSPS) is 28.9. The third-order valence-corrected chi connectivity index (χ3v) is 16.2. The number of allylic oxidation sites excluding steroid dienone is 1. The Kier molecular flexibility index (Phi) is 18.7. The average molecular weight is 862 g/mol. The van der Waals surface area contributed by atoms with Gasteiger partial charge in [-0.15, -0.1) is 0 Å². The van der Waals surface area contributed by atoms with Gasteiger partial charge < -0.3 is 37.3 Å². The maximum Gasteiger partial charge on any atom is 0.408 e. The number of ether oxygens (including phenoxy) is 2. The number of hydrogen-bond acceptors (Lipinski definition) is 9. The van der Waals surface area contributed by atoms with E-state index in [2.05, 4.69) is 54.4 Å². The van der Waals surface area contributed by atoms with Gasteiger partial charge in [0.2, 0.25) is 5.91 Å². The van der Waals surface area contributed by atoms with E-state index in [4.69, 9.17) is 26.7 Å². The van der Waals surface area contributed by atoms with Crippen molar-refractivity contribution in [2.45, 2.75) is 175 Å². The Hall–Kier alpha value is -2.61. The molecule has 9 unspecified atom stereocenters. The third kappa shape index (κ3) is 14.5. The molecule has 59 heavy (non-hydrogen) atoms. The number of carbonyl (C=O) groups excluding carboxylic acids is 3. The maximum atomic E-state index is 13.8. The van der Waals surface area contributed by atoms with Crippen molar-refractivity contribution in [2.75, 3.05) is 24.6 Å². The number of nitrogens with one attached hydrogen (secondary N) is 2. The van der Waals surface area contributed by atoms with Crippen LogP contribution in [0.5, 0.6) is 0 Å². The van der Waals surface area contributed by atoms with Crippen LogP contribution in [0.15, 0.2) is 21.6 Å². The highest BCUT2D eigenvalue weighted by Gasteiger charge is 2.58. The summed E-state index contributed by atoms with van der Waals surface area (Å²) in [5, 5.41) is 5.70. The number of nitrogens with two attached hydrogens (primary N) is 3. The van der Waals surface area contributed by atoms with E-state index in [0.717, 1.165) is 62.2 Å². The molecule has 336 valence electrons. The van der Waals surface area contributed by atoms with E-state index in [1.54, 1.807) is 27.7 Å². The smallest absolute Gasteiger partial charge is 0.408 e. The van der Waals surface area contributed by atoms with Crippen molar-refractivity contribution in [1.29, 1.82) is 0 Å². The topological polar surface area (TPSA) is 197 Å². The fourth-order valence-electron chi connectivity index (χ4n) is 10.8. The lowest BCUT2D eigenvalue weighted by molar-refractivity contribution is -0.153. The van der Waals surface area contributed by atoms with Gasteiger partial charge in [0.1, 0.15) is 23.8 Å². The Morgan fingerprint density at radius 1 is 0.966 bits per heavy atom. The first kappa shape index (κ1) is 49.0. The quantitative estimate of drug-likeness (QED) is 0.0187. The van der Waals surface area contributed by atoms with E-state index in [0.29, 0.717) is 42.4 Å². The fraction of sp³-hybridized carbons (Fsp3) is 0.844. The summed E-state index contributed by atoms with van der Waals surface area (Å²) < 4.78 is 11.7. The van der Waals surface area contributed by atoms with Crippen LogP contribution in [-0.2, 0) is 19.1 Å². The van der Waals surface area contributed by atoms with Gasteiger partial charge in [-0.2, -0.15) is 0 Å². The predicted molar refractivity (Wildman–Crippen MR) is 245 cm³/mol. The van der Waals surface area contributed by atoms with Crippen LogP contribution < -0.4 is 27.8 Å². The highest BCUT2D eigenvalue weighted by Crippen LogP contribution is 2.67. The summed E-state index contributed by atoms with van der Waals surface area (Å²) in [7, 11) is 2.94. The third-order valence-electron chi connectivity index (χ3n) is 13.8. The van der Waals surface area contributed by atoms with Gasteiger partial charge in [-0.25, -0.2) is 14.6 Å². The minimum Gasteiger partial charge on any atom is -0.460 e. The van der Waals surface area contributed by atoms with E-state index >= 15 is 0 Å². The number of aliphatic imine (C=N–C) groups is 2. The molecule has 14 heteroatoms. The number of hydrogen-bond donors (Lipinski definition) is 5. The second kappa shape index (κ2) is 22.5. The molecule has 0 radical (unpaired) electrons. The molecule has 0 aromatic heterocycles. The van der Waals surface area contributed by atoms with Gasteiger partial charge in [0.15, 0.2) is 5.96 Å². The Morgan fingerprint density at radius 3 is 2.41 bits per heavy atom. The molecule has 9 atom stereocenters. The monoisotopic (exact) mass is 862 g/mol. The molecule has 8 N–H and O–H groups in total. The van der Waals surface area contributed by atoms with Crippen molar-refractivity contribution in [3.05, 3.63) is 11.6 Å². The Labute approximate surface area is 363 Å². The van der Waals surface area contributed by atoms with Crippen LogP contribution in [0.2, 0.25) is 0 Å². The molecule has 0 bridgehead atoms. The van der Waals surface area contributed by atoms with Crippen molar-refractivity contribution in [3.63, 3.8) is 0 Å². The molecular formula is C45H79N7O5S2. The molecule has 2 amide bonds. The van der Waals surface area contributed by atoms with E-state index in [-0.39, 0.29) is 29.1 Å². The molecule has 0 spiro atoms. The summed E-state index contributed by atoms with van der Waals surface area (Å²) in [6, 6.07) is -1.57. The van der Waals surface area contributed by atoms with E-state index in [9.17, 15) is 14.4 Å². The number of amides is 2. The Balaban J connectivity index is 1.29. The Bertz CT molecular complexity index is 1490. The van der Waals surface area contributed by atoms with Crippen molar-refractivity contribution < 1.29 is 23.9 Å². The average Bonchev–Trinajstić information content (AvgIpc) is 3.48. The lowest BCUT2D eigenvalue weighted by atomic mass is 9.47. The first-order valence-corrected chi connectivity index (χ1v) is 25.1. The summed E-state index contributed by atoms with van der Waals surface area (Å²) in [6.07, 6.45) is 18.3. The molecule has 0 aromatic carbocycles. The number of fused-ring (bicyclic) bond motifs is 5. The highest BCUT2D eigenvalue weighted by atomic mass is 33.1. The maximum absolute atomic E-state index is 13.8. The van der Waals surface area contributed by atoms with Crippen LogP contribution in [-0.4, -0.2) is 78.1 Å². The largest absolute Gasteiger partial charge is 0.460 e. The van der Waals surface area contributed by atoms with Gasteiger partial charge in [-0.1, -0.05) is 80.2 Å². The number of rotatable bonds is 21. The number of amidine groups is 1. The molecule has 12 nitrogen and oxygen atoms in total. The number of guanidine groups is 1. The van der Waals surface area contributed by atoms with Gasteiger partial charge >= 0.3 is 12.1 Å². The minimum absolute atomic E-state index is 0.135. The molecule has 0 saturated heterocycles. The van der Waals surface area contributed by atoms with E-state index < -0.39 is 29.7 Å². The summed E-state index contributed by atoms with van der Waals surface area (Å²) in [5.41, 5.74) is 18.2. The standard InChI is InChI=1S/C45H79N7O5S2/c1-29(2)13-9-10-14-31-17-19-35-34-18-16-32-27-33(20-22-45(32,8)36(34)21-23-44(31,35)7)56-40(54)38(52-42(55)57-43(4,5)6)28-59-58-26-25-50-39(53)37(51-41(47)48)15-11-12-24-49-30(3)46/h16,29,31,33-38H,9-15,17-28H2,1-8H3,(H2,46,49)(H,50,53)(H,52,55)(H4,47,48,51). The number of carbonyl (C=O) groups is 3. The summed E-state index contributed by atoms with van der Waals surface area (Å²) >= 11 is 0. The van der Waals surface area contributed by atoms with Crippen LogP contribution in [0, 0.1) is 40.4 Å². The molecule has 3 saturated carbocycles. The van der Waals surface area contributed by atoms with Gasteiger partial charge in [0.25, 0.3) is 0 Å². The zero-order valence-electron chi connectivity index (χ0n) is 37.6. The molecule has 4 rings (SSSR count). The summed E-state index contributed by atoms with van der Waals surface area (Å²) in [6.45, 7) is 17.9. The zero-order valence-corrected chi connectivity index (χ0v) is 39.2. The molecule has 0 aliphatic heterocycles. The number of nitrogens with zero attached hydrogens (tertiary/aromatic N) is 2. The van der Waals surface area contributed by atoms with Crippen LogP contribution in [0.25, 0.3) is 0 Å². The van der Waals surface area contributed by atoms with Gasteiger partial charge in [-0.05, 0) is 139 Å². The van der Waals surface area contributed by atoms with Crippen LogP contribution >= 0.6 is 21.6 Å². The molecule has 4 aliphatic rings. The zero-order chi connectivity index (χ0) is 43.4. The minimum atomic E-state index is -0.884. The second-order valence-electron chi connectivity index (χ2n) is 19.7. The summed E-state index contributed by atoms with van der Waals surface area (Å²) in [4.78, 5) is 47.9. The van der Waals surface area contributed by atoms with Crippen LogP contribution in [0.3, 0.4) is 0 Å². The SMILES string of the molecule is CC(N)=NCCCCC(N=C(N)N)C(=O)NCCSSCC(NC(=O)OC(C)(C)C)C(=O)OC1CCC2(C)C(=CCC3C2CCC2(C)C(CCCCC(C)C)CCC32)C1. The van der Waals surface area contributed by atoms with E-state index in [1.807, 2.05) is 0 Å². The van der Waals surface area contributed by atoms with Crippen molar-refractivity contribution in [1.82, 2.24) is 10.6 Å². The van der Waals surface area contributed by atoms with E-state index in [1.165, 1.54) is 78.5 Å². The lowest BCUT2D eigenvalue weighted by Gasteiger charge is -2.58. The molecule has 0 heterocycles. The molecule has 3 fully saturated rings. The number of alkyl carbamates (subject to hydrolysis) is 1. The van der Waals surface area contributed by atoms with Crippen molar-refractivity contribution in [2.24, 2.45) is 67.6 Å². The summed E-state index contributed by atoms with van der Waals surface area (Å²) in [5.74, 6) is 4.49. The fourth-order valence-corrected chi connectivity index (χ4v) is 12.8. The Morgan fingerprint density at radius 2 is 1.71 bits per heavy atom. The van der Waals surface area contributed by atoms with Crippen molar-refractivity contribution >= 4 is 51.4 Å². The highest BCUT2D eigenvalue weighted by molar-refractivity contribution is 8.76.